The lowest BCUT2D eigenvalue weighted by molar-refractivity contribution is 0.195. The van der Waals surface area contributed by atoms with Crippen molar-refractivity contribution in [2.75, 3.05) is 26.2 Å². The van der Waals surface area contributed by atoms with Crippen molar-refractivity contribution in [3.8, 4) is 0 Å². The van der Waals surface area contributed by atoms with Gasteiger partial charge >= 0.3 is 0 Å². The predicted octanol–water partition coefficient (Wildman–Crippen LogP) is 2.45. The fourth-order valence-electron chi connectivity index (χ4n) is 1.99. The molecule has 0 amide bonds. The highest BCUT2D eigenvalue weighted by Crippen LogP contribution is 2.17. The van der Waals surface area contributed by atoms with Crippen LogP contribution in [0.2, 0.25) is 0 Å². The first kappa shape index (κ1) is 13.0. The van der Waals surface area contributed by atoms with E-state index < -0.39 is 0 Å². The average molecular weight is 231 g/mol. The van der Waals surface area contributed by atoms with E-state index in [1.807, 2.05) is 0 Å². The van der Waals surface area contributed by atoms with E-state index in [1.165, 1.54) is 12.8 Å². The molecule has 2 nitrogen and oxygen atoms in total. The van der Waals surface area contributed by atoms with Crippen LogP contribution in [-0.4, -0.2) is 37.1 Å². The normalized spacial score (nSPS) is 19.7. The molecule has 0 radical (unpaired) electrons. The summed E-state index contributed by atoms with van der Waals surface area (Å²) in [6.45, 7) is 12.5. The van der Waals surface area contributed by atoms with Gasteiger partial charge in [0.05, 0.1) is 0 Å². The number of likely N-dealkylation sites (tertiary alicyclic amines) is 1. The van der Waals surface area contributed by atoms with Crippen molar-refractivity contribution in [2.45, 2.75) is 32.7 Å². The van der Waals surface area contributed by atoms with Crippen LogP contribution in [0.3, 0.4) is 0 Å². The van der Waals surface area contributed by atoms with E-state index in [9.17, 15) is 0 Å². The summed E-state index contributed by atoms with van der Waals surface area (Å²) < 4.78 is 0. The SMILES string of the molecule is C=C(Cl)CN1CCC(CNC(C)C)CC1. The highest BCUT2D eigenvalue weighted by molar-refractivity contribution is 6.29. The average Bonchev–Trinajstić information content (AvgIpc) is 2.16. The molecule has 0 aromatic rings. The van der Waals surface area contributed by atoms with Gasteiger partial charge < -0.3 is 5.32 Å². The molecule has 1 rings (SSSR count). The number of nitrogens with one attached hydrogen (secondary N) is 1. The van der Waals surface area contributed by atoms with Gasteiger partial charge in [0, 0.05) is 17.6 Å². The van der Waals surface area contributed by atoms with Crippen molar-refractivity contribution < 1.29 is 0 Å². The van der Waals surface area contributed by atoms with E-state index in [0.29, 0.717) is 6.04 Å². The van der Waals surface area contributed by atoms with E-state index in [-0.39, 0.29) is 0 Å². The molecule has 3 heteroatoms. The maximum absolute atomic E-state index is 5.80. The fraction of sp³-hybridized carbons (Fsp3) is 0.833. The van der Waals surface area contributed by atoms with Gasteiger partial charge in [0.15, 0.2) is 0 Å². The van der Waals surface area contributed by atoms with Crippen LogP contribution in [0, 0.1) is 5.92 Å². The van der Waals surface area contributed by atoms with Gasteiger partial charge in [-0.2, -0.15) is 0 Å². The van der Waals surface area contributed by atoms with Crippen molar-refractivity contribution in [2.24, 2.45) is 5.92 Å². The Morgan fingerprint density at radius 1 is 1.47 bits per heavy atom. The third-order valence-corrected chi connectivity index (χ3v) is 3.04. The smallest absolute Gasteiger partial charge is 0.0335 e. The molecule has 88 valence electrons. The van der Waals surface area contributed by atoms with E-state index >= 15 is 0 Å². The number of halogens is 1. The van der Waals surface area contributed by atoms with E-state index in [1.54, 1.807) is 0 Å². The van der Waals surface area contributed by atoms with Crippen molar-refractivity contribution >= 4 is 11.6 Å². The summed E-state index contributed by atoms with van der Waals surface area (Å²) >= 11 is 5.80. The van der Waals surface area contributed by atoms with Gasteiger partial charge in [-0.05, 0) is 38.4 Å². The Hall–Kier alpha value is -0.0500. The summed E-state index contributed by atoms with van der Waals surface area (Å²) in [5.74, 6) is 0.840. The lowest BCUT2D eigenvalue weighted by atomic mass is 9.96. The number of piperidine rings is 1. The molecule has 1 saturated heterocycles. The maximum Gasteiger partial charge on any atom is 0.0335 e. The molecule has 0 unspecified atom stereocenters. The Labute approximate surface area is 98.7 Å². The molecule has 1 fully saturated rings. The molecule has 0 aliphatic carbocycles. The number of hydrogen-bond acceptors (Lipinski definition) is 2. The highest BCUT2D eigenvalue weighted by atomic mass is 35.5. The molecule has 1 aliphatic rings. The lowest BCUT2D eigenvalue weighted by Crippen LogP contribution is -2.39. The summed E-state index contributed by atoms with van der Waals surface area (Å²) in [6, 6.07) is 0.602. The van der Waals surface area contributed by atoms with Gasteiger partial charge in [0.2, 0.25) is 0 Å². The number of nitrogens with zero attached hydrogens (tertiary/aromatic N) is 1. The van der Waals surface area contributed by atoms with Crippen LogP contribution in [0.5, 0.6) is 0 Å². The van der Waals surface area contributed by atoms with Gasteiger partial charge in [-0.25, -0.2) is 0 Å². The first-order valence-corrected chi connectivity index (χ1v) is 6.24. The minimum atomic E-state index is 0.602. The third-order valence-electron chi connectivity index (χ3n) is 2.92. The monoisotopic (exact) mass is 230 g/mol. The molecule has 0 spiro atoms. The van der Waals surface area contributed by atoms with E-state index in [4.69, 9.17) is 11.6 Å². The zero-order chi connectivity index (χ0) is 11.3. The van der Waals surface area contributed by atoms with Crippen molar-refractivity contribution in [1.82, 2.24) is 10.2 Å². The van der Waals surface area contributed by atoms with Crippen LogP contribution < -0.4 is 5.32 Å². The molecule has 1 heterocycles. The van der Waals surface area contributed by atoms with Crippen LogP contribution in [0.1, 0.15) is 26.7 Å². The van der Waals surface area contributed by atoms with Crippen molar-refractivity contribution in [1.29, 1.82) is 0 Å². The van der Waals surface area contributed by atoms with Gasteiger partial charge in [0.25, 0.3) is 0 Å². The minimum Gasteiger partial charge on any atom is -0.314 e. The predicted molar refractivity (Wildman–Crippen MR) is 67.3 cm³/mol. The Balaban J connectivity index is 2.15. The standard InChI is InChI=1S/C12H23ClN2/c1-10(2)14-8-12-4-6-15(7-5-12)9-11(3)13/h10,12,14H,3-9H2,1-2H3. The Bertz CT molecular complexity index is 196. The molecular formula is C12H23ClN2. The highest BCUT2D eigenvalue weighted by Gasteiger charge is 2.18. The fourth-order valence-corrected chi connectivity index (χ4v) is 2.16. The Kier molecular flexibility index (Phi) is 5.65. The molecule has 0 bridgehead atoms. The first-order chi connectivity index (χ1) is 7.08. The number of rotatable bonds is 5. The van der Waals surface area contributed by atoms with E-state index in [0.717, 1.165) is 37.1 Å². The number of hydrogen-bond donors (Lipinski definition) is 1. The van der Waals surface area contributed by atoms with Gasteiger partial charge in [-0.1, -0.05) is 32.0 Å². The summed E-state index contributed by atoms with van der Waals surface area (Å²) in [5, 5.41) is 4.27. The summed E-state index contributed by atoms with van der Waals surface area (Å²) in [5.41, 5.74) is 0. The lowest BCUT2D eigenvalue weighted by Gasteiger charge is -2.32. The van der Waals surface area contributed by atoms with Crippen LogP contribution in [0.4, 0.5) is 0 Å². The quantitative estimate of drug-likeness (QED) is 0.781. The van der Waals surface area contributed by atoms with Crippen LogP contribution in [0.15, 0.2) is 11.6 Å². The van der Waals surface area contributed by atoms with Crippen LogP contribution >= 0.6 is 11.6 Å². The topological polar surface area (TPSA) is 15.3 Å². The van der Waals surface area contributed by atoms with Crippen LogP contribution in [-0.2, 0) is 0 Å². The Morgan fingerprint density at radius 2 is 2.07 bits per heavy atom. The van der Waals surface area contributed by atoms with Gasteiger partial charge in [-0.3, -0.25) is 4.90 Å². The second-order valence-corrected chi connectivity index (χ2v) is 5.33. The Morgan fingerprint density at radius 3 is 2.53 bits per heavy atom. The third kappa shape index (κ3) is 5.55. The second-order valence-electron chi connectivity index (χ2n) is 4.80. The molecule has 1 N–H and O–H groups in total. The zero-order valence-electron chi connectivity index (χ0n) is 9.93. The second kappa shape index (κ2) is 6.51. The molecule has 1 aliphatic heterocycles. The van der Waals surface area contributed by atoms with E-state index in [2.05, 4.69) is 30.6 Å². The van der Waals surface area contributed by atoms with Crippen LogP contribution in [0.25, 0.3) is 0 Å². The maximum atomic E-state index is 5.80. The first-order valence-electron chi connectivity index (χ1n) is 5.87. The molecule has 0 atom stereocenters. The molecule has 0 aromatic heterocycles. The largest absolute Gasteiger partial charge is 0.314 e. The minimum absolute atomic E-state index is 0.602. The summed E-state index contributed by atoms with van der Waals surface area (Å²) in [6.07, 6.45) is 2.56. The van der Waals surface area contributed by atoms with Crippen molar-refractivity contribution in [3.05, 3.63) is 11.6 Å². The molecule has 0 aromatic carbocycles. The summed E-state index contributed by atoms with van der Waals surface area (Å²) in [7, 11) is 0. The summed E-state index contributed by atoms with van der Waals surface area (Å²) in [4.78, 5) is 2.39. The zero-order valence-corrected chi connectivity index (χ0v) is 10.7. The van der Waals surface area contributed by atoms with Gasteiger partial charge in [-0.15, -0.1) is 0 Å². The van der Waals surface area contributed by atoms with Crippen molar-refractivity contribution in [3.63, 3.8) is 0 Å². The molecular weight excluding hydrogens is 208 g/mol. The molecule has 15 heavy (non-hydrogen) atoms. The molecule has 0 saturated carbocycles. The van der Waals surface area contributed by atoms with Gasteiger partial charge in [0.1, 0.15) is 0 Å².